The van der Waals surface area contributed by atoms with Crippen LogP contribution >= 0.6 is 23.2 Å². The van der Waals surface area contributed by atoms with Crippen LogP contribution in [0.5, 0.6) is 5.75 Å². The zero-order valence-electron chi connectivity index (χ0n) is 20.4. The lowest BCUT2D eigenvalue weighted by molar-refractivity contribution is -0.142. The fraction of sp³-hybridized carbons (Fsp3) is 0.250. The number of benzene rings is 3. The summed E-state index contributed by atoms with van der Waals surface area (Å²) in [6.45, 7) is 1.27. The monoisotopic (exact) mass is 574 g/mol. The topological polar surface area (TPSA) is 105 Å². The number of amides is 2. The predicted octanol–water partition coefficient (Wildman–Crippen LogP) is 5.61. The Balaban J connectivity index is 1.77. The second-order valence-corrected chi connectivity index (χ2v) is 10.5. The first kappa shape index (κ1) is 26.9. The molecule has 1 saturated heterocycles. The minimum Gasteiger partial charge on any atom is -0.492 e. The van der Waals surface area contributed by atoms with Gasteiger partial charge in [-0.15, -0.1) is 0 Å². The van der Waals surface area contributed by atoms with Crippen molar-refractivity contribution in [3.63, 3.8) is 0 Å². The summed E-state index contributed by atoms with van der Waals surface area (Å²) in [5.74, 6) is -5.33. The Morgan fingerprint density at radius 1 is 1.08 bits per heavy atom. The van der Waals surface area contributed by atoms with Gasteiger partial charge in [-0.1, -0.05) is 29.3 Å². The quantitative estimate of drug-likeness (QED) is 0.355. The molecule has 11 heteroatoms. The first-order valence-electron chi connectivity index (χ1n) is 12.0. The van der Waals surface area contributed by atoms with E-state index in [9.17, 15) is 23.9 Å². The van der Waals surface area contributed by atoms with E-state index in [1.807, 2.05) is 0 Å². The molecule has 0 saturated carbocycles. The summed E-state index contributed by atoms with van der Waals surface area (Å²) < 4.78 is 35.6. The summed E-state index contributed by atoms with van der Waals surface area (Å²) in [5, 5.41) is 15.5. The lowest BCUT2D eigenvalue weighted by Gasteiger charge is -2.46. The van der Waals surface area contributed by atoms with Crippen LogP contribution in [0, 0.1) is 17.6 Å². The molecule has 39 heavy (non-hydrogen) atoms. The lowest BCUT2D eigenvalue weighted by Crippen LogP contribution is -2.57. The number of carbonyl (C=O) groups is 3. The van der Waals surface area contributed by atoms with Gasteiger partial charge in [0, 0.05) is 39.2 Å². The average molecular weight is 575 g/mol. The van der Waals surface area contributed by atoms with Crippen molar-refractivity contribution < 1.29 is 33.0 Å². The summed E-state index contributed by atoms with van der Waals surface area (Å²) >= 11 is 12.6. The number of piperidine rings is 1. The number of halogens is 4. The second kappa shape index (κ2) is 10.1. The van der Waals surface area contributed by atoms with Crippen LogP contribution in [0.2, 0.25) is 10.0 Å². The van der Waals surface area contributed by atoms with Crippen molar-refractivity contribution in [1.82, 2.24) is 5.32 Å². The molecular weight excluding hydrogens is 553 g/mol. The van der Waals surface area contributed by atoms with Gasteiger partial charge in [0.15, 0.2) is 0 Å². The molecule has 4 unspecified atom stereocenters. The van der Waals surface area contributed by atoms with Gasteiger partial charge >= 0.3 is 5.97 Å². The minimum absolute atomic E-state index is 0.198. The van der Waals surface area contributed by atoms with Crippen LogP contribution in [0.1, 0.15) is 42.0 Å². The normalized spacial score (nSPS) is 22.7. The van der Waals surface area contributed by atoms with Crippen molar-refractivity contribution in [1.29, 1.82) is 0 Å². The standard InChI is InChI=1S/C28H22Cl2F2N2O5/c1-13(26(36)37)12-39-23-7-3-14(29)8-17(23)20-11-24(35)34-25(18-10-16(31)4-6-21(18)32)28(20)19-5-2-15(30)9-22(19)33-27(28)38/h2-10,13,20,25H,11-12H2,1H3,(H,33,38)(H,34,35)(H,36,37). The van der Waals surface area contributed by atoms with Gasteiger partial charge in [-0.25, -0.2) is 8.78 Å². The predicted molar refractivity (Wildman–Crippen MR) is 140 cm³/mol. The SMILES string of the molecule is CC(COc1ccc(Cl)cc1C1CC(=O)NC(c2cc(F)ccc2F)C12C(=O)Nc1cc(Cl)ccc12)C(=O)O. The van der Waals surface area contributed by atoms with Crippen LogP contribution in [-0.4, -0.2) is 29.5 Å². The number of hydrogen-bond donors (Lipinski definition) is 3. The van der Waals surface area contributed by atoms with E-state index in [4.69, 9.17) is 27.9 Å². The Morgan fingerprint density at radius 3 is 2.54 bits per heavy atom. The number of fused-ring (bicyclic) bond motifs is 2. The Hall–Kier alpha value is -3.69. The molecule has 2 aliphatic heterocycles. The van der Waals surface area contributed by atoms with E-state index in [0.717, 1.165) is 18.2 Å². The number of nitrogens with one attached hydrogen (secondary N) is 2. The van der Waals surface area contributed by atoms with Gasteiger partial charge in [0.2, 0.25) is 11.8 Å². The first-order chi connectivity index (χ1) is 18.5. The number of anilines is 1. The molecule has 0 aliphatic carbocycles. The van der Waals surface area contributed by atoms with Crippen molar-refractivity contribution in [2.24, 2.45) is 5.92 Å². The molecule has 0 bridgehead atoms. The molecule has 4 atom stereocenters. The highest BCUT2D eigenvalue weighted by atomic mass is 35.5. The summed E-state index contributed by atoms with van der Waals surface area (Å²) in [5.41, 5.74) is -0.770. The van der Waals surface area contributed by atoms with Gasteiger partial charge in [-0.2, -0.15) is 0 Å². The van der Waals surface area contributed by atoms with Crippen molar-refractivity contribution in [3.05, 3.63) is 93.0 Å². The molecule has 0 aromatic heterocycles. The average Bonchev–Trinajstić information content (AvgIpc) is 3.16. The smallest absolute Gasteiger partial charge is 0.309 e. The molecule has 5 rings (SSSR count). The van der Waals surface area contributed by atoms with Crippen LogP contribution in [0.4, 0.5) is 14.5 Å². The van der Waals surface area contributed by atoms with Gasteiger partial charge in [0.25, 0.3) is 0 Å². The third kappa shape index (κ3) is 4.59. The Kier molecular flexibility index (Phi) is 6.99. The molecule has 1 fully saturated rings. The summed E-state index contributed by atoms with van der Waals surface area (Å²) in [7, 11) is 0. The van der Waals surface area contributed by atoms with Gasteiger partial charge in [0.05, 0.1) is 12.0 Å². The number of aliphatic carboxylic acids is 1. The van der Waals surface area contributed by atoms with E-state index < -0.39 is 52.7 Å². The molecule has 3 N–H and O–H groups in total. The molecule has 3 aromatic carbocycles. The van der Waals surface area contributed by atoms with Crippen molar-refractivity contribution >= 4 is 46.7 Å². The molecule has 2 amide bonds. The highest BCUT2D eigenvalue weighted by Gasteiger charge is 2.62. The van der Waals surface area contributed by atoms with Crippen LogP contribution in [0.15, 0.2) is 54.6 Å². The van der Waals surface area contributed by atoms with E-state index in [1.54, 1.807) is 18.2 Å². The maximum absolute atomic E-state index is 15.3. The minimum atomic E-state index is -1.68. The molecule has 1 spiro atoms. The van der Waals surface area contributed by atoms with E-state index in [1.165, 1.54) is 25.1 Å². The second-order valence-electron chi connectivity index (χ2n) is 9.67. The maximum atomic E-state index is 15.3. The number of ether oxygens (including phenoxy) is 1. The van der Waals surface area contributed by atoms with Crippen LogP contribution in [0.3, 0.4) is 0 Å². The van der Waals surface area contributed by atoms with Gasteiger partial charge in [-0.05, 0) is 61.0 Å². The Bertz CT molecular complexity index is 1520. The maximum Gasteiger partial charge on any atom is 0.309 e. The lowest BCUT2D eigenvalue weighted by atomic mass is 9.59. The molecular formula is C28H22Cl2F2N2O5. The van der Waals surface area contributed by atoms with E-state index in [-0.39, 0.29) is 29.4 Å². The van der Waals surface area contributed by atoms with Crippen LogP contribution < -0.4 is 15.4 Å². The van der Waals surface area contributed by atoms with Gasteiger partial charge in [0.1, 0.15) is 29.4 Å². The first-order valence-corrected chi connectivity index (χ1v) is 12.8. The third-order valence-electron chi connectivity index (χ3n) is 7.28. The zero-order chi connectivity index (χ0) is 28.1. The summed E-state index contributed by atoms with van der Waals surface area (Å²) in [4.78, 5) is 38.6. The summed E-state index contributed by atoms with van der Waals surface area (Å²) in [6.07, 6.45) is -0.228. The number of carboxylic acids is 1. The van der Waals surface area contributed by atoms with Gasteiger partial charge in [-0.3, -0.25) is 14.4 Å². The van der Waals surface area contributed by atoms with Crippen LogP contribution in [-0.2, 0) is 19.8 Å². The highest BCUT2D eigenvalue weighted by Crippen LogP contribution is 2.59. The molecule has 0 radical (unpaired) electrons. The number of carbonyl (C=O) groups excluding carboxylic acids is 2. The Morgan fingerprint density at radius 2 is 1.79 bits per heavy atom. The fourth-order valence-corrected chi connectivity index (χ4v) is 5.82. The van der Waals surface area contributed by atoms with Crippen molar-refractivity contribution in [3.8, 4) is 5.75 Å². The molecule has 2 heterocycles. The highest BCUT2D eigenvalue weighted by molar-refractivity contribution is 6.31. The van der Waals surface area contributed by atoms with E-state index in [2.05, 4.69) is 10.6 Å². The molecule has 2 aliphatic rings. The largest absolute Gasteiger partial charge is 0.492 e. The van der Waals surface area contributed by atoms with Crippen molar-refractivity contribution in [2.45, 2.75) is 30.7 Å². The van der Waals surface area contributed by atoms with Gasteiger partial charge < -0.3 is 20.5 Å². The van der Waals surface area contributed by atoms with E-state index in [0.29, 0.717) is 21.8 Å². The molecule has 7 nitrogen and oxygen atoms in total. The van der Waals surface area contributed by atoms with Crippen molar-refractivity contribution in [2.75, 3.05) is 11.9 Å². The number of carboxylic acid groups (broad SMARTS) is 1. The summed E-state index contributed by atoms with van der Waals surface area (Å²) in [6, 6.07) is 10.8. The third-order valence-corrected chi connectivity index (χ3v) is 7.75. The fourth-order valence-electron chi connectivity index (χ4n) is 5.47. The van der Waals surface area contributed by atoms with Crippen LogP contribution in [0.25, 0.3) is 0 Å². The van der Waals surface area contributed by atoms with E-state index >= 15 is 4.39 Å². The number of hydrogen-bond acceptors (Lipinski definition) is 4. The molecule has 202 valence electrons. The number of rotatable bonds is 6. The zero-order valence-corrected chi connectivity index (χ0v) is 21.9. The molecule has 3 aromatic rings. The Labute approximate surface area is 232 Å².